The molecule has 0 saturated carbocycles. The van der Waals surface area contributed by atoms with Crippen LogP contribution in [0.2, 0.25) is 0 Å². The number of phenolic OH excluding ortho intramolecular Hbond substituents is 1. The van der Waals surface area contributed by atoms with Crippen LogP contribution in [0.5, 0.6) is 5.75 Å². The van der Waals surface area contributed by atoms with E-state index in [1.54, 1.807) is 24.3 Å². The van der Waals surface area contributed by atoms with Crippen LogP contribution in [-0.2, 0) is 49.7 Å². The van der Waals surface area contributed by atoms with Gasteiger partial charge >= 0.3 is 0 Å². The molecule has 10 N–H and O–H groups in total. The molecule has 0 fully saturated rings. The minimum Gasteiger partial charge on any atom is -0.508 e. The highest BCUT2D eigenvalue weighted by molar-refractivity contribution is 5.94. The van der Waals surface area contributed by atoms with E-state index in [4.69, 9.17) is 11.5 Å². The van der Waals surface area contributed by atoms with E-state index in [2.05, 4.69) is 31.6 Å². The standard InChI is InChI=1S/C57H62N8O6/c58-57(59)62-35-12-20-50(56(71)65-51(37-41-25-31-48(66)32-26-41)54(69)61-36-33-40-13-4-1-5-14-40)64-55(70)49(63-53(68)39-43-23-29-47(30-24-43)45-17-8-3-9-18-45)19-10-11-34-60-52(67)38-42-21-27-46(28-22-42)44-15-6-2-7-16-44/h1-11,13-18,21-32,49-51,66H,12,19-20,33-39H2,(H,60,67)(H,61,69)(H,63,68)(H,64,70)(H,65,71)(H4,58,59,62)/b11-10-/t49-,50+,51-/m0/s1. The van der Waals surface area contributed by atoms with Gasteiger partial charge in [0.1, 0.15) is 23.9 Å². The molecule has 0 aliphatic heterocycles. The summed E-state index contributed by atoms with van der Waals surface area (Å²) in [5.41, 5.74) is 18.6. The zero-order valence-corrected chi connectivity index (χ0v) is 39.6. The molecule has 0 saturated heterocycles. The molecule has 14 nitrogen and oxygen atoms in total. The zero-order valence-electron chi connectivity index (χ0n) is 39.6. The van der Waals surface area contributed by atoms with Crippen molar-refractivity contribution in [2.45, 2.75) is 63.1 Å². The number of carbonyl (C=O) groups is 5. The fourth-order valence-electron chi connectivity index (χ4n) is 7.78. The Hall–Kier alpha value is -8.52. The van der Waals surface area contributed by atoms with Gasteiger partial charge in [-0.25, -0.2) is 0 Å². The second-order valence-corrected chi connectivity index (χ2v) is 17.1. The first kappa shape index (κ1) is 51.9. The summed E-state index contributed by atoms with van der Waals surface area (Å²) in [6.07, 6.45) is 4.59. The molecular weight excluding hydrogens is 893 g/mol. The number of rotatable bonds is 25. The van der Waals surface area contributed by atoms with Crippen LogP contribution < -0.4 is 38.1 Å². The highest BCUT2D eigenvalue weighted by atomic mass is 16.3. The van der Waals surface area contributed by atoms with Crippen LogP contribution in [0.3, 0.4) is 0 Å². The van der Waals surface area contributed by atoms with Crippen LogP contribution in [0.25, 0.3) is 22.3 Å². The number of hydrogen-bond donors (Lipinski definition) is 8. The molecule has 0 aliphatic carbocycles. The predicted molar refractivity (Wildman–Crippen MR) is 279 cm³/mol. The second-order valence-electron chi connectivity index (χ2n) is 17.1. The molecule has 6 rings (SSSR count). The Balaban J connectivity index is 1.14. The summed E-state index contributed by atoms with van der Waals surface area (Å²) in [6.45, 7) is 0.639. The van der Waals surface area contributed by atoms with E-state index in [0.717, 1.165) is 38.9 Å². The van der Waals surface area contributed by atoms with Crippen molar-refractivity contribution in [2.24, 2.45) is 16.5 Å². The summed E-state index contributed by atoms with van der Waals surface area (Å²) < 4.78 is 0. The Morgan fingerprint density at radius 2 is 1.01 bits per heavy atom. The van der Waals surface area contributed by atoms with E-state index in [1.165, 1.54) is 12.1 Å². The molecule has 0 bridgehead atoms. The molecule has 6 aromatic carbocycles. The average Bonchev–Trinajstić information content (AvgIpc) is 3.38. The predicted octanol–water partition coefficient (Wildman–Crippen LogP) is 5.68. The molecule has 5 amide bonds. The van der Waals surface area contributed by atoms with Crippen molar-refractivity contribution in [1.82, 2.24) is 26.6 Å². The van der Waals surface area contributed by atoms with Crippen molar-refractivity contribution in [3.05, 3.63) is 198 Å². The van der Waals surface area contributed by atoms with Gasteiger partial charge in [0.05, 0.1) is 12.8 Å². The molecule has 71 heavy (non-hydrogen) atoms. The molecule has 0 radical (unpaired) electrons. The lowest BCUT2D eigenvalue weighted by molar-refractivity contribution is -0.133. The zero-order chi connectivity index (χ0) is 50.2. The van der Waals surface area contributed by atoms with Gasteiger partial charge in [0.2, 0.25) is 29.5 Å². The first-order chi connectivity index (χ1) is 34.5. The largest absolute Gasteiger partial charge is 0.508 e. The van der Waals surface area contributed by atoms with Gasteiger partial charge in [-0.05, 0) is 82.3 Å². The van der Waals surface area contributed by atoms with Crippen LogP contribution in [0.1, 0.15) is 41.5 Å². The van der Waals surface area contributed by atoms with Crippen LogP contribution in [0, 0.1) is 0 Å². The normalized spacial score (nSPS) is 12.2. The lowest BCUT2D eigenvalue weighted by Gasteiger charge is -2.25. The van der Waals surface area contributed by atoms with Gasteiger partial charge in [-0.15, -0.1) is 0 Å². The maximum atomic E-state index is 14.3. The van der Waals surface area contributed by atoms with Gasteiger partial charge in [0.15, 0.2) is 5.96 Å². The number of phenols is 1. The van der Waals surface area contributed by atoms with Gasteiger partial charge in [-0.1, -0.05) is 164 Å². The minimum absolute atomic E-state index is 0.0221. The number of nitrogens with two attached hydrogens (primary N) is 2. The smallest absolute Gasteiger partial charge is 0.243 e. The fraction of sp³-hybridized carbons (Fsp3) is 0.228. The van der Waals surface area contributed by atoms with Gasteiger partial charge in [0.25, 0.3) is 0 Å². The first-order valence-corrected chi connectivity index (χ1v) is 23.7. The number of benzene rings is 6. The van der Waals surface area contributed by atoms with Gasteiger partial charge in [0, 0.05) is 26.1 Å². The topological polar surface area (TPSA) is 230 Å². The maximum absolute atomic E-state index is 14.3. The molecule has 6 aromatic rings. The molecule has 0 aliphatic rings. The van der Waals surface area contributed by atoms with E-state index in [9.17, 15) is 29.1 Å². The third-order valence-corrected chi connectivity index (χ3v) is 11.6. The molecule has 0 spiro atoms. The average molecular weight is 955 g/mol. The summed E-state index contributed by atoms with van der Waals surface area (Å²) in [7, 11) is 0. The number of aliphatic imine (C=N–C) groups is 1. The third-order valence-electron chi connectivity index (χ3n) is 11.6. The summed E-state index contributed by atoms with van der Waals surface area (Å²) in [5.74, 6) is -2.41. The van der Waals surface area contributed by atoms with Crippen LogP contribution in [-0.4, -0.2) is 78.4 Å². The number of guanidine groups is 1. The monoisotopic (exact) mass is 954 g/mol. The van der Waals surface area contributed by atoms with E-state index in [0.29, 0.717) is 18.5 Å². The summed E-state index contributed by atoms with van der Waals surface area (Å²) in [5, 5.41) is 24.3. The quantitative estimate of drug-likeness (QED) is 0.0154. The summed E-state index contributed by atoms with van der Waals surface area (Å²) >= 11 is 0. The van der Waals surface area contributed by atoms with E-state index >= 15 is 0 Å². The lowest BCUT2D eigenvalue weighted by atomic mass is 10.0. The van der Waals surface area contributed by atoms with E-state index < -0.39 is 41.8 Å². The summed E-state index contributed by atoms with van der Waals surface area (Å²) in [6, 6.07) is 47.8. The third kappa shape index (κ3) is 17.8. The number of hydrogen-bond acceptors (Lipinski definition) is 7. The Bertz CT molecular complexity index is 2690. The van der Waals surface area contributed by atoms with Crippen LogP contribution in [0.4, 0.5) is 0 Å². The lowest BCUT2D eigenvalue weighted by Crippen LogP contribution is -2.57. The first-order valence-electron chi connectivity index (χ1n) is 23.7. The highest BCUT2D eigenvalue weighted by Gasteiger charge is 2.29. The highest BCUT2D eigenvalue weighted by Crippen LogP contribution is 2.21. The Labute approximate surface area is 415 Å². The van der Waals surface area contributed by atoms with Crippen LogP contribution >= 0.6 is 0 Å². The minimum atomic E-state index is -1.17. The number of nitrogens with one attached hydrogen (secondary N) is 5. The number of nitrogens with zero attached hydrogens (tertiary/aromatic N) is 1. The fourth-order valence-corrected chi connectivity index (χ4v) is 7.78. The number of amides is 5. The van der Waals surface area contributed by atoms with Gasteiger partial charge in [-0.3, -0.25) is 29.0 Å². The van der Waals surface area contributed by atoms with E-state index in [-0.39, 0.29) is 69.2 Å². The molecule has 3 atom stereocenters. The molecule has 0 heterocycles. The molecule has 0 unspecified atom stereocenters. The van der Waals surface area contributed by atoms with Crippen molar-refractivity contribution in [1.29, 1.82) is 0 Å². The van der Waals surface area contributed by atoms with Gasteiger partial charge < -0.3 is 43.2 Å². The summed E-state index contributed by atoms with van der Waals surface area (Å²) in [4.78, 5) is 73.0. The van der Waals surface area contributed by atoms with E-state index in [1.807, 2.05) is 140 Å². The van der Waals surface area contributed by atoms with Crippen molar-refractivity contribution < 1.29 is 29.1 Å². The molecular formula is C57H62N8O6. The van der Waals surface area contributed by atoms with Crippen LogP contribution in [0.15, 0.2) is 181 Å². The van der Waals surface area contributed by atoms with Crippen molar-refractivity contribution in [2.75, 3.05) is 19.6 Å². The Morgan fingerprint density at radius 1 is 0.507 bits per heavy atom. The van der Waals surface area contributed by atoms with Crippen molar-refractivity contribution >= 4 is 35.5 Å². The van der Waals surface area contributed by atoms with Crippen molar-refractivity contribution in [3.63, 3.8) is 0 Å². The SMILES string of the molecule is NC(N)=NCCC[C@@H](NC(=O)[C@H](C/C=C\CNC(=O)Cc1ccc(-c2ccccc2)cc1)NC(=O)Cc1ccc(-c2ccccc2)cc1)C(=O)N[C@@H](Cc1ccc(O)cc1)C(=O)NCCc1ccccc1. The van der Waals surface area contributed by atoms with Gasteiger partial charge in [-0.2, -0.15) is 0 Å². The molecule has 14 heteroatoms. The van der Waals surface area contributed by atoms with Crippen molar-refractivity contribution in [3.8, 4) is 28.0 Å². The Morgan fingerprint density at radius 3 is 1.59 bits per heavy atom. The number of carbonyl (C=O) groups excluding carboxylic acids is 5. The molecule has 0 aromatic heterocycles. The molecule has 366 valence electrons. The Kier molecular flexibility index (Phi) is 20.1. The maximum Gasteiger partial charge on any atom is 0.243 e. The second kappa shape index (κ2) is 27.5. The number of aromatic hydroxyl groups is 1.